The molecule has 0 saturated heterocycles. The summed E-state index contributed by atoms with van der Waals surface area (Å²) in [7, 11) is 0.504. The molecule has 2 rings (SSSR count). The SMILES string of the molecule is CCP(CC)Cc1cc2cc(CP(CC)CC)c(CP(CC)CC)cc2cc1CP(CC)CC. The topological polar surface area (TPSA) is 0 Å². The average molecular weight is 537 g/mol. The van der Waals surface area contributed by atoms with E-state index >= 15 is 0 Å². The van der Waals surface area contributed by atoms with Gasteiger partial charge in [-0.2, -0.15) is 0 Å². The Morgan fingerprint density at radius 3 is 0.676 bits per heavy atom. The van der Waals surface area contributed by atoms with Crippen molar-refractivity contribution in [2.75, 3.05) is 49.3 Å². The van der Waals surface area contributed by atoms with Gasteiger partial charge in [-0.05, 0) is 107 Å². The van der Waals surface area contributed by atoms with Crippen molar-refractivity contribution < 1.29 is 0 Å². The van der Waals surface area contributed by atoms with Crippen molar-refractivity contribution in [1.82, 2.24) is 0 Å². The molecular weight excluding hydrogens is 484 g/mol. The summed E-state index contributed by atoms with van der Waals surface area (Å²) in [4.78, 5) is 0. The van der Waals surface area contributed by atoms with Crippen LogP contribution in [-0.2, 0) is 24.6 Å². The Kier molecular flexibility index (Phi) is 14.7. The summed E-state index contributed by atoms with van der Waals surface area (Å²) in [5, 5.41) is 3.05. The zero-order valence-electron chi connectivity index (χ0n) is 23.6. The molecule has 4 heteroatoms. The minimum Gasteiger partial charge on any atom is -0.103 e. The third kappa shape index (κ3) is 8.77. The van der Waals surface area contributed by atoms with E-state index in [1.54, 1.807) is 22.3 Å². The van der Waals surface area contributed by atoms with E-state index in [0.717, 1.165) is 0 Å². The van der Waals surface area contributed by atoms with E-state index in [1.807, 2.05) is 0 Å². The van der Waals surface area contributed by atoms with Crippen LogP contribution >= 0.6 is 31.7 Å². The summed E-state index contributed by atoms with van der Waals surface area (Å²) in [6.07, 6.45) is 16.2. The second kappa shape index (κ2) is 16.3. The van der Waals surface area contributed by atoms with Gasteiger partial charge in [-0.1, -0.05) is 79.7 Å². The first-order valence-electron chi connectivity index (χ1n) is 13.9. The Morgan fingerprint density at radius 1 is 0.353 bits per heavy atom. The maximum Gasteiger partial charge on any atom is -0.00702 e. The molecule has 0 nitrogen and oxygen atoms in total. The van der Waals surface area contributed by atoms with Gasteiger partial charge < -0.3 is 0 Å². The molecule has 0 amide bonds. The van der Waals surface area contributed by atoms with E-state index in [2.05, 4.69) is 79.7 Å². The van der Waals surface area contributed by atoms with Crippen molar-refractivity contribution in [2.24, 2.45) is 0 Å². The van der Waals surface area contributed by atoms with Crippen molar-refractivity contribution in [1.29, 1.82) is 0 Å². The standard InChI is InChI=1S/C30H52P4/c1-9-31(10-2)21-27-17-25-19-29(23-33(13-5)14-6)30(24-34(15-7)16-8)20-26(25)18-28(27)22-32(11-3)12-4/h17-20H,9-16,21-24H2,1-8H3. The Hall–Kier alpha value is 0.420. The van der Waals surface area contributed by atoms with Gasteiger partial charge >= 0.3 is 0 Å². The monoisotopic (exact) mass is 536 g/mol. The Bertz CT molecular complexity index is 709. The number of fused-ring (bicyclic) bond motifs is 1. The average Bonchev–Trinajstić information content (AvgIpc) is 2.87. The molecule has 0 aromatic heterocycles. The largest absolute Gasteiger partial charge is 0.103 e. The third-order valence-corrected chi connectivity index (χ3v) is 17.9. The van der Waals surface area contributed by atoms with E-state index in [4.69, 9.17) is 0 Å². The molecule has 0 fully saturated rings. The van der Waals surface area contributed by atoms with Crippen LogP contribution < -0.4 is 0 Å². The Labute approximate surface area is 217 Å². The molecule has 0 aliphatic carbocycles. The molecule has 0 bridgehead atoms. The zero-order valence-corrected chi connectivity index (χ0v) is 27.2. The molecule has 0 unspecified atom stereocenters. The van der Waals surface area contributed by atoms with Crippen LogP contribution in [0.5, 0.6) is 0 Å². The summed E-state index contributed by atoms with van der Waals surface area (Å²) in [5.74, 6) is 0. The van der Waals surface area contributed by atoms with Gasteiger partial charge in [-0.3, -0.25) is 0 Å². The number of rotatable bonds is 16. The minimum absolute atomic E-state index is 0.126. The normalized spacial score (nSPS) is 12.2. The fourth-order valence-electron chi connectivity index (χ4n) is 4.88. The third-order valence-electron chi connectivity index (χ3n) is 7.63. The molecule has 0 aliphatic rings. The van der Waals surface area contributed by atoms with Gasteiger partial charge in [0.05, 0.1) is 0 Å². The molecule has 0 radical (unpaired) electrons. The van der Waals surface area contributed by atoms with Crippen LogP contribution in [0.15, 0.2) is 24.3 Å². The number of hydrogen-bond acceptors (Lipinski definition) is 0. The second-order valence-electron chi connectivity index (χ2n) is 9.43. The Morgan fingerprint density at radius 2 is 0.529 bits per heavy atom. The van der Waals surface area contributed by atoms with Crippen LogP contribution in [0.1, 0.15) is 77.6 Å². The van der Waals surface area contributed by atoms with Gasteiger partial charge in [0.1, 0.15) is 0 Å². The van der Waals surface area contributed by atoms with Crippen molar-refractivity contribution in [3.8, 4) is 0 Å². The van der Waals surface area contributed by atoms with Crippen LogP contribution in [0.4, 0.5) is 0 Å². The fourth-order valence-corrected chi connectivity index (χ4v) is 11.6. The molecule has 0 heterocycles. The van der Waals surface area contributed by atoms with E-state index < -0.39 is 0 Å². The van der Waals surface area contributed by atoms with Gasteiger partial charge in [0, 0.05) is 0 Å². The summed E-state index contributed by atoms with van der Waals surface area (Å²) in [5.41, 5.74) is 6.75. The van der Waals surface area contributed by atoms with Gasteiger partial charge in [0.15, 0.2) is 0 Å². The lowest BCUT2D eigenvalue weighted by atomic mass is 9.98. The molecular formula is C30H52P4. The van der Waals surface area contributed by atoms with Crippen molar-refractivity contribution in [3.63, 3.8) is 0 Å². The zero-order chi connectivity index (χ0) is 25.1. The summed E-state index contributed by atoms with van der Waals surface area (Å²) >= 11 is 0. The summed E-state index contributed by atoms with van der Waals surface area (Å²) < 4.78 is 0. The van der Waals surface area contributed by atoms with Gasteiger partial charge in [0.25, 0.3) is 0 Å². The van der Waals surface area contributed by atoms with E-state index in [1.165, 1.54) is 84.7 Å². The van der Waals surface area contributed by atoms with Crippen molar-refractivity contribution in [3.05, 3.63) is 46.5 Å². The highest BCUT2D eigenvalue weighted by Crippen LogP contribution is 2.47. The Balaban J connectivity index is 2.63. The van der Waals surface area contributed by atoms with Crippen molar-refractivity contribution >= 4 is 42.5 Å². The molecule has 0 atom stereocenters. The molecule has 192 valence electrons. The molecule has 0 aliphatic heterocycles. The summed E-state index contributed by atoms with van der Waals surface area (Å²) in [6, 6.07) is 10.6. The first-order valence-corrected chi connectivity index (χ1v) is 21.5. The maximum atomic E-state index is 2.64. The van der Waals surface area contributed by atoms with Crippen LogP contribution in [0.3, 0.4) is 0 Å². The molecule has 2 aromatic rings. The van der Waals surface area contributed by atoms with Gasteiger partial charge in [0.2, 0.25) is 0 Å². The molecule has 34 heavy (non-hydrogen) atoms. The van der Waals surface area contributed by atoms with Gasteiger partial charge in [-0.25, -0.2) is 0 Å². The highest BCUT2D eigenvalue weighted by atomic mass is 31.1. The van der Waals surface area contributed by atoms with Crippen LogP contribution in [0.25, 0.3) is 10.8 Å². The van der Waals surface area contributed by atoms with E-state index in [0.29, 0.717) is 0 Å². The first kappa shape index (κ1) is 30.6. The van der Waals surface area contributed by atoms with Gasteiger partial charge in [-0.15, -0.1) is 31.7 Å². The number of hydrogen-bond donors (Lipinski definition) is 0. The van der Waals surface area contributed by atoms with Crippen LogP contribution in [0.2, 0.25) is 0 Å². The van der Waals surface area contributed by atoms with E-state index in [-0.39, 0.29) is 31.7 Å². The highest BCUT2D eigenvalue weighted by Gasteiger charge is 2.17. The predicted octanol–water partition coefficient (Wildman–Crippen LogP) is 10.9. The minimum atomic E-state index is 0.126. The lowest BCUT2D eigenvalue weighted by Gasteiger charge is -2.23. The summed E-state index contributed by atoms with van der Waals surface area (Å²) in [6.45, 7) is 19.2. The van der Waals surface area contributed by atoms with Crippen LogP contribution in [-0.4, -0.2) is 49.3 Å². The second-order valence-corrected chi connectivity index (χ2v) is 21.1. The number of benzene rings is 2. The van der Waals surface area contributed by atoms with Crippen LogP contribution in [0, 0.1) is 0 Å². The fraction of sp³-hybridized carbons (Fsp3) is 0.667. The molecule has 0 N–H and O–H groups in total. The molecule has 0 spiro atoms. The maximum absolute atomic E-state index is 2.64. The first-order chi connectivity index (χ1) is 16.5. The molecule has 2 aromatic carbocycles. The van der Waals surface area contributed by atoms with Crippen molar-refractivity contribution in [2.45, 2.75) is 80.0 Å². The highest BCUT2D eigenvalue weighted by molar-refractivity contribution is 7.57. The predicted molar refractivity (Wildman–Crippen MR) is 171 cm³/mol. The smallest absolute Gasteiger partial charge is 0.00702 e. The molecule has 0 saturated carbocycles. The quantitative estimate of drug-likeness (QED) is 0.187. The lowest BCUT2D eigenvalue weighted by molar-refractivity contribution is 1.21. The lowest BCUT2D eigenvalue weighted by Crippen LogP contribution is -2.01. The van der Waals surface area contributed by atoms with E-state index in [9.17, 15) is 0 Å².